The number of carbonyl (C=O) groups is 1. The molecule has 1 N–H and O–H groups in total. The number of rotatable bonds is 3. The van der Waals surface area contributed by atoms with E-state index in [-0.39, 0.29) is 18.9 Å². The molecule has 0 saturated heterocycles. The van der Waals surface area contributed by atoms with Crippen LogP contribution in [0.4, 0.5) is 13.2 Å². The van der Waals surface area contributed by atoms with Gasteiger partial charge in [0.2, 0.25) is 17.6 Å². The number of aryl methyl sites for hydroxylation is 1. The predicted molar refractivity (Wildman–Crippen MR) is 91.0 cm³/mol. The second-order valence-corrected chi connectivity index (χ2v) is 7.68. The molecule has 1 aliphatic heterocycles. The molecule has 1 fully saturated rings. The first-order valence-corrected chi connectivity index (χ1v) is 9.53. The van der Waals surface area contributed by atoms with E-state index in [2.05, 4.69) is 20.4 Å². The Morgan fingerprint density at radius 1 is 1.32 bits per heavy atom. The van der Waals surface area contributed by atoms with E-state index in [1.165, 1.54) is 10.8 Å². The van der Waals surface area contributed by atoms with Gasteiger partial charge in [0.15, 0.2) is 5.82 Å². The van der Waals surface area contributed by atoms with E-state index in [1.54, 1.807) is 6.92 Å². The van der Waals surface area contributed by atoms with Gasteiger partial charge in [-0.3, -0.25) is 4.79 Å². The molecule has 0 aromatic carbocycles. The molecular weight excluding hydrogens is 375 g/mol. The van der Waals surface area contributed by atoms with Crippen LogP contribution in [0.25, 0.3) is 0 Å². The van der Waals surface area contributed by atoms with Crippen LogP contribution in [-0.4, -0.2) is 25.6 Å². The van der Waals surface area contributed by atoms with Crippen LogP contribution in [0.15, 0.2) is 10.7 Å². The molecule has 0 spiro atoms. The summed E-state index contributed by atoms with van der Waals surface area (Å²) in [5.74, 6) is -0.552. The third kappa shape index (κ3) is 3.40. The molecule has 1 amide bonds. The molecule has 3 heterocycles. The van der Waals surface area contributed by atoms with Crippen molar-refractivity contribution in [2.75, 3.05) is 0 Å². The first kappa shape index (κ1) is 18.9. The molecule has 1 aliphatic carbocycles. The maximum atomic E-state index is 13.0. The first-order chi connectivity index (χ1) is 13.3. The van der Waals surface area contributed by atoms with Crippen LogP contribution >= 0.6 is 0 Å². The maximum absolute atomic E-state index is 13.0. The van der Waals surface area contributed by atoms with Crippen molar-refractivity contribution in [2.24, 2.45) is 5.92 Å². The topological polar surface area (TPSA) is 85.8 Å². The molecule has 0 radical (unpaired) electrons. The number of alkyl halides is 3. The second kappa shape index (κ2) is 6.89. The Morgan fingerprint density at radius 3 is 2.71 bits per heavy atom. The zero-order valence-electron chi connectivity index (χ0n) is 15.6. The van der Waals surface area contributed by atoms with Crippen molar-refractivity contribution in [1.82, 2.24) is 25.0 Å². The molecule has 2 aromatic rings. The third-order valence-electron chi connectivity index (χ3n) is 5.74. The summed E-state index contributed by atoms with van der Waals surface area (Å²) in [6.45, 7) is 1.83. The highest BCUT2D eigenvalue weighted by molar-refractivity contribution is 5.80. The van der Waals surface area contributed by atoms with Crippen molar-refractivity contribution >= 4 is 5.91 Å². The van der Waals surface area contributed by atoms with Crippen molar-refractivity contribution in [2.45, 2.75) is 70.1 Å². The zero-order chi connectivity index (χ0) is 19.9. The Kier molecular flexibility index (Phi) is 4.67. The largest absolute Gasteiger partial charge is 0.449 e. The Labute approximate surface area is 159 Å². The van der Waals surface area contributed by atoms with Crippen molar-refractivity contribution < 1.29 is 22.5 Å². The van der Waals surface area contributed by atoms with Crippen molar-refractivity contribution in [3.63, 3.8) is 0 Å². The van der Waals surface area contributed by atoms with E-state index in [0.717, 1.165) is 32.1 Å². The minimum absolute atomic E-state index is 0.122. The molecule has 4 rings (SSSR count). The van der Waals surface area contributed by atoms with Gasteiger partial charge in [-0.15, -0.1) is 0 Å². The van der Waals surface area contributed by atoms with Gasteiger partial charge >= 0.3 is 6.18 Å². The lowest BCUT2D eigenvalue weighted by atomic mass is 9.80. The van der Waals surface area contributed by atoms with Gasteiger partial charge in [-0.05, 0) is 19.3 Å². The number of hydrogen-bond donors (Lipinski definition) is 1. The lowest BCUT2D eigenvalue weighted by molar-refractivity contribution is -0.147. The van der Waals surface area contributed by atoms with Gasteiger partial charge in [0.05, 0.1) is 0 Å². The molecule has 0 bridgehead atoms. The quantitative estimate of drug-likeness (QED) is 0.860. The highest BCUT2D eigenvalue weighted by Crippen LogP contribution is 2.37. The van der Waals surface area contributed by atoms with Gasteiger partial charge in [0.1, 0.15) is 5.54 Å². The summed E-state index contributed by atoms with van der Waals surface area (Å²) >= 11 is 0. The number of halogens is 3. The normalized spacial score (nSPS) is 21.9. The zero-order valence-corrected chi connectivity index (χ0v) is 15.6. The SMILES string of the molecule is Cc1nc(C2(NC(=O)[C@@H]3CCn4c(cnc4C(F)(F)F)C3)CCCCC2)no1. The number of nitrogens with one attached hydrogen (secondary N) is 1. The lowest BCUT2D eigenvalue weighted by Gasteiger charge is -2.37. The van der Waals surface area contributed by atoms with Gasteiger partial charge in [-0.25, -0.2) is 4.98 Å². The van der Waals surface area contributed by atoms with Gasteiger partial charge in [0, 0.05) is 37.7 Å². The molecular formula is C18H22F3N5O2. The number of aromatic nitrogens is 4. The van der Waals surface area contributed by atoms with E-state index in [1.807, 2.05) is 0 Å². The highest BCUT2D eigenvalue weighted by atomic mass is 19.4. The van der Waals surface area contributed by atoms with E-state index in [0.29, 0.717) is 23.8 Å². The minimum atomic E-state index is -4.49. The second-order valence-electron chi connectivity index (χ2n) is 7.68. The fourth-order valence-electron chi connectivity index (χ4n) is 4.30. The molecule has 0 unspecified atom stereocenters. The average molecular weight is 397 g/mol. The van der Waals surface area contributed by atoms with Crippen molar-refractivity contribution in [3.8, 4) is 0 Å². The van der Waals surface area contributed by atoms with Crippen LogP contribution in [0.3, 0.4) is 0 Å². The van der Waals surface area contributed by atoms with Crippen LogP contribution in [0, 0.1) is 12.8 Å². The van der Waals surface area contributed by atoms with Crippen molar-refractivity contribution in [1.29, 1.82) is 0 Å². The fourth-order valence-corrected chi connectivity index (χ4v) is 4.30. The summed E-state index contributed by atoms with van der Waals surface area (Å²) in [4.78, 5) is 20.9. The molecule has 152 valence electrons. The number of amides is 1. The Morgan fingerprint density at radius 2 is 2.07 bits per heavy atom. The molecule has 10 heteroatoms. The molecule has 28 heavy (non-hydrogen) atoms. The van der Waals surface area contributed by atoms with Gasteiger partial charge in [-0.1, -0.05) is 24.4 Å². The number of nitrogens with zero attached hydrogens (tertiary/aromatic N) is 4. The average Bonchev–Trinajstić information content (AvgIpc) is 3.28. The molecule has 7 nitrogen and oxygen atoms in total. The van der Waals surface area contributed by atoms with Crippen LogP contribution in [0.2, 0.25) is 0 Å². The van der Waals surface area contributed by atoms with E-state index in [4.69, 9.17) is 4.52 Å². The van der Waals surface area contributed by atoms with E-state index < -0.39 is 23.5 Å². The summed E-state index contributed by atoms with van der Waals surface area (Å²) in [5.41, 5.74) is -0.228. The first-order valence-electron chi connectivity index (χ1n) is 9.53. The molecule has 1 atom stereocenters. The van der Waals surface area contributed by atoms with Crippen LogP contribution in [0.1, 0.15) is 61.8 Å². The van der Waals surface area contributed by atoms with Gasteiger partial charge in [-0.2, -0.15) is 18.2 Å². The van der Waals surface area contributed by atoms with Gasteiger partial charge < -0.3 is 14.4 Å². The minimum Gasteiger partial charge on any atom is -0.343 e. The van der Waals surface area contributed by atoms with E-state index in [9.17, 15) is 18.0 Å². The molecule has 2 aromatic heterocycles. The number of hydrogen-bond acceptors (Lipinski definition) is 5. The number of carbonyl (C=O) groups excluding carboxylic acids is 1. The van der Waals surface area contributed by atoms with Crippen LogP contribution in [0.5, 0.6) is 0 Å². The summed E-state index contributed by atoms with van der Waals surface area (Å²) in [6.07, 6.45) is 1.71. The number of imidazole rings is 1. The summed E-state index contributed by atoms with van der Waals surface area (Å²) in [6, 6.07) is 0. The Balaban J connectivity index is 1.52. The molecule has 1 saturated carbocycles. The smallest absolute Gasteiger partial charge is 0.343 e. The summed E-state index contributed by atoms with van der Waals surface area (Å²) in [5, 5.41) is 7.16. The Bertz CT molecular complexity index is 867. The summed E-state index contributed by atoms with van der Waals surface area (Å²) < 4.78 is 45.4. The van der Waals surface area contributed by atoms with Crippen LogP contribution < -0.4 is 5.32 Å². The monoisotopic (exact) mass is 397 g/mol. The fraction of sp³-hybridized carbons (Fsp3) is 0.667. The third-order valence-corrected chi connectivity index (χ3v) is 5.74. The van der Waals surface area contributed by atoms with Crippen molar-refractivity contribution in [3.05, 3.63) is 29.4 Å². The predicted octanol–water partition coefficient (Wildman–Crippen LogP) is 3.13. The Hall–Kier alpha value is -2.39. The number of fused-ring (bicyclic) bond motifs is 1. The lowest BCUT2D eigenvalue weighted by Crippen LogP contribution is -2.50. The molecule has 2 aliphatic rings. The standard InChI is InChI=1S/C18H22F3N5O2/c1-11-23-15(25-28-11)17(6-3-2-4-7-17)24-14(27)12-5-8-26-13(9-12)10-22-16(26)18(19,20)21/h10,12H,2-9H2,1H3,(H,24,27)/t12-/m1/s1. The van der Waals surface area contributed by atoms with E-state index >= 15 is 0 Å². The highest BCUT2D eigenvalue weighted by Gasteiger charge is 2.43. The van der Waals surface area contributed by atoms with Gasteiger partial charge in [0.25, 0.3) is 0 Å². The van der Waals surface area contributed by atoms with Crippen LogP contribution in [-0.2, 0) is 29.5 Å². The maximum Gasteiger partial charge on any atom is 0.449 e. The summed E-state index contributed by atoms with van der Waals surface area (Å²) in [7, 11) is 0.